The van der Waals surface area contributed by atoms with Gasteiger partial charge < -0.3 is 5.32 Å². The Morgan fingerprint density at radius 1 is 1.30 bits per heavy atom. The van der Waals surface area contributed by atoms with E-state index < -0.39 is 20.0 Å². The molecule has 112 valence electrons. The Bertz CT molecular complexity index is 554. The summed E-state index contributed by atoms with van der Waals surface area (Å²) in [6, 6.07) is 5.98. The molecule has 6 nitrogen and oxygen atoms in total. The fraction of sp³-hybridized carbons (Fsp3) is 0.538. The summed E-state index contributed by atoms with van der Waals surface area (Å²) in [6.07, 6.45) is 1.73. The number of hydrogen-bond acceptors (Lipinski definition) is 5. The van der Waals surface area contributed by atoms with Crippen LogP contribution in [0, 0.1) is 10.1 Å². The van der Waals surface area contributed by atoms with Crippen LogP contribution in [0.15, 0.2) is 24.3 Å². The summed E-state index contributed by atoms with van der Waals surface area (Å²) in [4.78, 5) is 10.1. The Balaban J connectivity index is 2.88. The van der Waals surface area contributed by atoms with Crippen LogP contribution in [0.25, 0.3) is 0 Å². The van der Waals surface area contributed by atoms with Crippen molar-refractivity contribution in [3.8, 4) is 0 Å². The van der Waals surface area contributed by atoms with Gasteiger partial charge in [0.15, 0.2) is 9.84 Å². The van der Waals surface area contributed by atoms with Crippen molar-refractivity contribution < 1.29 is 13.3 Å². The van der Waals surface area contributed by atoms with Gasteiger partial charge in [0.2, 0.25) is 0 Å². The Morgan fingerprint density at radius 2 is 1.85 bits per heavy atom. The molecule has 0 saturated heterocycles. The van der Waals surface area contributed by atoms with E-state index in [0.717, 1.165) is 5.56 Å². The van der Waals surface area contributed by atoms with Crippen LogP contribution in [0.4, 0.5) is 5.69 Å². The quantitative estimate of drug-likeness (QED) is 0.609. The van der Waals surface area contributed by atoms with Crippen molar-refractivity contribution in [2.24, 2.45) is 0 Å². The van der Waals surface area contributed by atoms with Gasteiger partial charge in [0.1, 0.15) is 0 Å². The van der Waals surface area contributed by atoms with Gasteiger partial charge in [0.25, 0.3) is 5.69 Å². The third-order valence-electron chi connectivity index (χ3n) is 3.31. The zero-order chi connectivity index (χ0) is 15.3. The summed E-state index contributed by atoms with van der Waals surface area (Å²) in [5.41, 5.74) is 0.905. The molecule has 0 spiro atoms. The molecule has 0 aromatic heterocycles. The first-order valence-electron chi connectivity index (χ1n) is 6.41. The molecule has 1 aromatic carbocycles. The molecule has 1 rings (SSSR count). The number of nitro groups is 1. The van der Waals surface area contributed by atoms with E-state index in [-0.39, 0.29) is 11.7 Å². The van der Waals surface area contributed by atoms with Crippen LogP contribution in [0.3, 0.4) is 0 Å². The lowest BCUT2D eigenvalue weighted by atomic mass is 10.0. The molecule has 0 amide bonds. The fourth-order valence-electron chi connectivity index (χ4n) is 1.97. The van der Waals surface area contributed by atoms with Crippen LogP contribution in [0.1, 0.15) is 19.4 Å². The summed E-state index contributed by atoms with van der Waals surface area (Å²) < 4.78 is 23.3. The molecule has 0 aliphatic carbocycles. The SMILES string of the molecule is CCNC(Cc1ccc([N+](=O)[O-])cc1)C(C)S(C)(=O)=O. The fourth-order valence-corrected chi connectivity index (χ4v) is 2.76. The second-order valence-corrected chi connectivity index (χ2v) is 7.23. The molecule has 2 unspecified atom stereocenters. The van der Waals surface area contributed by atoms with E-state index in [2.05, 4.69) is 5.32 Å². The standard InChI is InChI=1S/C13H20N2O4S/c1-4-14-13(10(2)20(3,18)19)9-11-5-7-12(8-6-11)15(16)17/h5-8,10,13-14H,4,9H2,1-3H3. The summed E-state index contributed by atoms with van der Waals surface area (Å²) in [7, 11) is -3.14. The van der Waals surface area contributed by atoms with Crippen molar-refractivity contribution in [3.63, 3.8) is 0 Å². The van der Waals surface area contributed by atoms with Crippen molar-refractivity contribution >= 4 is 15.5 Å². The molecule has 0 radical (unpaired) electrons. The lowest BCUT2D eigenvalue weighted by Gasteiger charge is -2.23. The maximum atomic E-state index is 11.7. The molecule has 0 fully saturated rings. The molecular weight excluding hydrogens is 280 g/mol. The number of benzene rings is 1. The largest absolute Gasteiger partial charge is 0.313 e. The smallest absolute Gasteiger partial charge is 0.269 e. The molecule has 1 N–H and O–H groups in total. The minimum atomic E-state index is -3.14. The number of nitrogens with zero attached hydrogens (tertiary/aromatic N) is 1. The second kappa shape index (κ2) is 6.81. The Kier molecular flexibility index (Phi) is 5.64. The van der Waals surface area contributed by atoms with Gasteiger partial charge in [-0.2, -0.15) is 0 Å². The Hall–Kier alpha value is -1.47. The Labute approximate surface area is 119 Å². The highest BCUT2D eigenvalue weighted by Gasteiger charge is 2.25. The van der Waals surface area contributed by atoms with Crippen LogP contribution in [-0.4, -0.2) is 37.4 Å². The number of hydrogen-bond donors (Lipinski definition) is 1. The molecule has 0 heterocycles. The topological polar surface area (TPSA) is 89.3 Å². The number of sulfone groups is 1. The molecule has 2 atom stereocenters. The highest BCUT2D eigenvalue weighted by Crippen LogP contribution is 2.16. The molecule has 0 saturated carbocycles. The molecule has 0 bridgehead atoms. The van der Waals surface area contributed by atoms with Crippen LogP contribution in [0.5, 0.6) is 0 Å². The molecule has 20 heavy (non-hydrogen) atoms. The van der Waals surface area contributed by atoms with E-state index >= 15 is 0 Å². The normalized spacial score (nSPS) is 14.8. The van der Waals surface area contributed by atoms with Gasteiger partial charge in [-0.3, -0.25) is 10.1 Å². The first kappa shape index (κ1) is 16.6. The van der Waals surface area contributed by atoms with Gasteiger partial charge in [-0.25, -0.2) is 8.42 Å². The predicted octanol–water partition coefficient (Wildman–Crippen LogP) is 1.55. The van der Waals surface area contributed by atoms with E-state index in [1.54, 1.807) is 19.1 Å². The molecule has 0 aliphatic heterocycles. The number of nitrogens with one attached hydrogen (secondary N) is 1. The van der Waals surface area contributed by atoms with E-state index in [1.165, 1.54) is 18.4 Å². The van der Waals surface area contributed by atoms with Gasteiger partial charge in [0, 0.05) is 24.4 Å². The monoisotopic (exact) mass is 300 g/mol. The maximum Gasteiger partial charge on any atom is 0.269 e. The van der Waals surface area contributed by atoms with Gasteiger partial charge in [-0.1, -0.05) is 19.1 Å². The number of rotatable bonds is 7. The van der Waals surface area contributed by atoms with Gasteiger partial charge in [0.05, 0.1) is 10.2 Å². The van der Waals surface area contributed by atoms with Gasteiger partial charge in [-0.05, 0) is 25.5 Å². The lowest BCUT2D eigenvalue weighted by molar-refractivity contribution is -0.384. The van der Waals surface area contributed by atoms with Gasteiger partial charge >= 0.3 is 0 Å². The third kappa shape index (κ3) is 4.57. The van der Waals surface area contributed by atoms with Crippen molar-refractivity contribution in [1.82, 2.24) is 5.32 Å². The van der Waals surface area contributed by atoms with Gasteiger partial charge in [-0.15, -0.1) is 0 Å². The summed E-state index contributed by atoms with van der Waals surface area (Å²) >= 11 is 0. The van der Waals surface area contributed by atoms with Crippen molar-refractivity contribution in [2.45, 2.75) is 31.6 Å². The molecule has 0 aliphatic rings. The average molecular weight is 300 g/mol. The third-order valence-corrected chi connectivity index (χ3v) is 4.99. The predicted molar refractivity (Wildman–Crippen MR) is 78.6 cm³/mol. The van der Waals surface area contributed by atoms with Crippen molar-refractivity contribution in [3.05, 3.63) is 39.9 Å². The molecule has 1 aromatic rings. The van der Waals surface area contributed by atoms with Crippen molar-refractivity contribution in [2.75, 3.05) is 12.8 Å². The van der Waals surface area contributed by atoms with Crippen LogP contribution in [0.2, 0.25) is 0 Å². The van der Waals surface area contributed by atoms with Crippen LogP contribution < -0.4 is 5.32 Å². The second-order valence-electron chi connectivity index (χ2n) is 4.83. The summed E-state index contributed by atoms with van der Waals surface area (Å²) in [5.74, 6) is 0. The van der Waals surface area contributed by atoms with Crippen LogP contribution in [-0.2, 0) is 16.3 Å². The van der Waals surface area contributed by atoms with E-state index in [4.69, 9.17) is 0 Å². The Morgan fingerprint density at radius 3 is 2.25 bits per heavy atom. The first-order chi connectivity index (χ1) is 9.25. The summed E-state index contributed by atoms with van der Waals surface area (Å²) in [6.45, 7) is 4.25. The number of non-ortho nitro benzene ring substituents is 1. The maximum absolute atomic E-state index is 11.7. The molecular formula is C13H20N2O4S. The van der Waals surface area contributed by atoms with E-state index in [9.17, 15) is 18.5 Å². The zero-order valence-corrected chi connectivity index (χ0v) is 12.7. The lowest BCUT2D eigenvalue weighted by Crippen LogP contribution is -2.43. The molecule has 7 heteroatoms. The number of likely N-dealkylation sites (N-methyl/N-ethyl adjacent to an activating group) is 1. The first-order valence-corrected chi connectivity index (χ1v) is 8.36. The minimum absolute atomic E-state index is 0.0323. The minimum Gasteiger partial charge on any atom is -0.313 e. The highest BCUT2D eigenvalue weighted by atomic mass is 32.2. The average Bonchev–Trinajstić information content (AvgIpc) is 2.37. The highest BCUT2D eigenvalue weighted by molar-refractivity contribution is 7.91. The number of nitro benzene ring substituents is 1. The zero-order valence-electron chi connectivity index (χ0n) is 11.9. The van der Waals surface area contributed by atoms with Crippen LogP contribution >= 0.6 is 0 Å². The van der Waals surface area contributed by atoms with E-state index in [1.807, 2.05) is 6.92 Å². The van der Waals surface area contributed by atoms with E-state index in [0.29, 0.717) is 13.0 Å². The summed E-state index contributed by atoms with van der Waals surface area (Å²) in [5, 5.41) is 13.2. The van der Waals surface area contributed by atoms with Crippen molar-refractivity contribution in [1.29, 1.82) is 0 Å².